The first-order valence-corrected chi connectivity index (χ1v) is 5.36. The number of oxime groups is 1. The summed E-state index contributed by atoms with van der Waals surface area (Å²) in [7, 11) is 0. The maximum Gasteiger partial charge on any atom is 0.227 e. The van der Waals surface area contributed by atoms with Crippen molar-refractivity contribution in [3.05, 3.63) is 0 Å². The van der Waals surface area contributed by atoms with Gasteiger partial charge in [-0.1, -0.05) is 24.9 Å². The number of hydrogen-bond acceptors (Lipinski definition) is 3. The SMILES string of the molecule is CC1CCCC1CNC(=O)CC(N)=NO. The van der Waals surface area contributed by atoms with Crippen molar-refractivity contribution in [1.82, 2.24) is 5.32 Å². The van der Waals surface area contributed by atoms with Gasteiger partial charge in [-0.2, -0.15) is 0 Å². The summed E-state index contributed by atoms with van der Waals surface area (Å²) >= 11 is 0. The molecule has 0 aromatic rings. The molecule has 1 saturated carbocycles. The normalized spacial score (nSPS) is 26.6. The van der Waals surface area contributed by atoms with Crippen LogP contribution < -0.4 is 11.1 Å². The van der Waals surface area contributed by atoms with Gasteiger partial charge in [-0.05, 0) is 18.3 Å². The molecule has 0 bridgehead atoms. The van der Waals surface area contributed by atoms with Gasteiger partial charge in [0.1, 0.15) is 5.84 Å². The molecule has 1 fully saturated rings. The minimum atomic E-state index is -0.176. The lowest BCUT2D eigenvalue weighted by atomic mass is 9.98. The summed E-state index contributed by atoms with van der Waals surface area (Å²) in [6.07, 6.45) is 3.66. The van der Waals surface area contributed by atoms with Crippen molar-refractivity contribution in [2.24, 2.45) is 22.7 Å². The molecule has 4 N–H and O–H groups in total. The highest BCUT2D eigenvalue weighted by Gasteiger charge is 2.23. The van der Waals surface area contributed by atoms with E-state index in [2.05, 4.69) is 17.4 Å². The first-order valence-electron chi connectivity index (χ1n) is 5.36. The van der Waals surface area contributed by atoms with E-state index in [0.717, 1.165) is 0 Å². The summed E-state index contributed by atoms with van der Waals surface area (Å²) in [5.74, 6) is 1.05. The summed E-state index contributed by atoms with van der Waals surface area (Å²) in [5, 5.41) is 13.9. The maximum absolute atomic E-state index is 11.3. The fourth-order valence-corrected chi connectivity index (χ4v) is 2.03. The number of carbonyl (C=O) groups is 1. The summed E-state index contributed by atoms with van der Waals surface area (Å²) in [6, 6.07) is 0. The van der Waals surface area contributed by atoms with E-state index in [-0.39, 0.29) is 18.2 Å². The van der Waals surface area contributed by atoms with Gasteiger partial charge in [-0.15, -0.1) is 0 Å². The molecule has 0 aromatic carbocycles. The monoisotopic (exact) mass is 213 g/mol. The highest BCUT2D eigenvalue weighted by Crippen LogP contribution is 2.30. The van der Waals surface area contributed by atoms with Crippen LogP contribution in [0.5, 0.6) is 0 Å². The Labute approximate surface area is 89.7 Å². The predicted molar refractivity (Wildman–Crippen MR) is 57.5 cm³/mol. The average molecular weight is 213 g/mol. The van der Waals surface area contributed by atoms with E-state index in [0.29, 0.717) is 18.4 Å². The van der Waals surface area contributed by atoms with Crippen LogP contribution in [0.2, 0.25) is 0 Å². The van der Waals surface area contributed by atoms with Gasteiger partial charge in [-0.25, -0.2) is 0 Å². The minimum Gasteiger partial charge on any atom is -0.409 e. The predicted octanol–water partition coefficient (Wildman–Crippen LogP) is 0.675. The van der Waals surface area contributed by atoms with Crippen LogP contribution in [0.15, 0.2) is 5.16 Å². The van der Waals surface area contributed by atoms with Gasteiger partial charge >= 0.3 is 0 Å². The van der Waals surface area contributed by atoms with E-state index in [1.165, 1.54) is 19.3 Å². The Balaban J connectivity index is 2.22. The molecule has 86 valence electrons. The van der Waals surface area contributed by atoms with Crippen LogP contribution in [0, 0.1) is 11.8 Å². The third kappa shape index (κ3) is 3.77. The van der Waals surface area contributed by atoms with Crippen LogP contribution in [0.1, 0.15) is 32.6 Å². The Morgan fingerprint density at radius 2 is 2.33 bits per heavy atom. The molecule has 0 heterocycles. The second kappa shape index (κ2) is 5.58. The van der Waals surface area contributed by atoms with Crippen molar-refractivity contribution in [1.29, 1.82) is 0 Å². The Morgan fingerprint density at radius 3 is 2.87 bits per heavy atom. The molecule has 5 nitrogen and oxygen atoms in total. The Kier molecular flexibility index (Phi) is 4.39. The second-order valence-corrected chi connectivity index (χ2v) is 4.24. The Morgan fingerprint density at radius 1 is 1.60 bits per heavy atom. The number of nitrogens with two attached hydrogens (primary N) is 1. The van der Waals surface area contributed by atoms with Crippen LogP contribution in [-0.4, -0.2) is 23.5 Å². The van der Waals surface area contributed by atoms with Crippen LogP contribution in [-0.2, 0) is 4.79 Å². The molecule has 2 atom stereocenters. The number of amides is 1. The summed E-state index contributed by atoms with van der Waals surface area (Å²) in [6.45, 7) is 2.92. The molecule has 5 heteroatoms. The second-order valence-electron chi connectivity index (χ2n) is 4.24. The first kappa shape index (κ1) is 11.8. The zero-order valence-corrected chi connectivity index (χ0v) is 9.07. The standard InChI is InChI=1S/C10H19N3O2/c1-7-3-2-4-8(7)6-12-10(14)5-9(11)13-15/h7-8,15H,2-6H2,1H3,(H2,11,13)(H,12,14). The van der Waals surface area contributed by atoms with Gasteiger partial charge in [0.05, 0.1) is 6.42 Å². The van der Waals surface area contributed by atoms with Crippen molar-refractivity contribution in [3.8, 4) is 0 Å². The highest BCUT2D eigenvalue weighted by molar-refractivity contribution is 5.98. The molecular formula is C10H19N3O2. The fraction of sp³-hybridized carbons (Fsp3) is 0.800. The summed E-state index contributed by atoms with van der Waals surface area (Å²) in [4.78, 5) is 11.3. The van der Waals surface area contributed by atoms with Crippen molar-refractivity contribution in [3.63, 3.8) is 0 Å². The van der Waals surface area contributed by atoms with E-state index in [1.54, 1.807) is 0 Å². The lowest BCUT2D eigenvalue weighted by Gasteiger charge is -2.15. The largest absolute Gasteiger partial charge is 0.409 e. The molecule has 0 spiro atoms. The summed E-state index contributed by atoms with van der Waals surface area (Å²) < 4.78 is 0. The lowest BCUT2D eigenvalue weighted by Crippen LogP contribution is -2.33. The number of amidine groups is 1. The topological polar surface area (TPSA) is 87.7 Å². The molecule has 15 heavy (non-hydrogen) atoms. The van der Waals surface area contributed by atoms with E-state index < -0.39 is 0 Å². The lowest BCUT2D eigenvalue weighted by molar-refractivity contribution is -0.120. The zero-order valence-electron chi connectivity index (χ0n) is 9.07. The van der Waals surface area contributed by atoms with Crippen LogP contribution >= 0.6 is 0 Å². The van der Waals surface area contributed by atoms with Crippen LogP contribution in [0.25, 0.3) is 0 Å². The van der Waals surface area contributed by atoms with Gasteiger partial charge < -0.3 is 16.3 Å². The third-order valence-electron chi connectivity index (χ3n) is 3.07. The summed E-state index contributed by atoms with van der Waals surface area (Å²) in [5.41, 5.74) is 5.22. The van der Waals surface area contributed by atoms with E-state index >= 15 is 0 Å². The quantitative estimate of drug-likeness (QED) is 0.278. The van der Waals surface area contributed by atoms with E-state index in [4.69, 9.17) is 10.9 Å². The van der Waals surface area contributed by atoms with Crippen molar-refractivity contribution in [2.45, 2.75) is 32.6 Å². The zero-order chi connectivity index (χ0) is 11.3. The molecule has 0 radical (unpaired) electrons. The third-order valence-corrected chi connectivity index (χ3v) is 3.07. The van der Waals surface area contributed by atoms with Crippen molar-refractivity contribution >= 4 is 11.7 Å². The Hall–Kier alpha value is -1.26. The van der Waals surface area contributed by atoms with Gasteiger partial charge in [0.15, 0.2) is 0 Å². The smallest absolute Gasteiger partial charge is 0.227 e. The fourth-order valence-electron chi connectivity index (χ4n) is 2.03. The van der Waals surface area contributed by atoms with Gasteiger partial charge in [-0.3, -0.25) is 4.79 Å². The molecule has 1 aliphatic rings. The molecule has 1 aliphatic carbocycles. The molecule has 1 amide bonds. The molecule has 0 aromatic heterocycles. The Bertz CT molecular complexity index is 253. The minimum absolute atomic E-state index is 0.0302. The van der Waals surface area contributed by atoms with E-state index in [9.17, 15) is 4.79 Å². The number of rotatable bonds is 4. The van der Waals surface area contributed by atoms with Gasteiger partial charge in [0, 0.05) is 6.54 Å². The number of hydrogen-bond donors (Lipinski definition) is 3. The number of nitrogens with zero attached hydrogens (tertiary/aromatic N) is 1. The maximum atomic E-state index is 11.3. The first-order chi connectivity index (χ1) is 7.13. The number of nitrogens with one attached hydrogen (secondary N) is 1. The van der Waals surface area contributed by atoms with Crippen molar-refractivity contribution < 1.29 is 10.0 Å². The van der Waals surface area contributed by atoms with Crippen molar-refractivity contribution in [2.75, 3.05) is 6.54 Å². The molecule has 2 unspecified atom stereocenters. The van der Waals surface area contributed by atoms with E-state index in [1.807, 2.05) is 0 Å². The average Bonchev–Trinajstić information content (AvgIpc) is 2.61. The van der Waals surface area contributed by atoms with Gasteiger partial charge in [0.25, 0.3) is 0 Å². The van der Waals surface area contributed by atoms with Gasteiger partial charge in [0.2, 0.25) is 5.91 Å². The highest BCUT2D eigenvalue weighted by atomic mass is 16.4. The van der Waals surface area contributed by atoms with Crippen LogP contribution in [0.4, 0.5) is 0 Å². The molecule has 0 saturated heterocycles. The van der Waals surface area contributed by atoms with Crippen LogP contribution in [0.3, 0.4) is 0 Å². The molecule has 0 aliphatic heterocycles. The molecular weight excluding hydrogens is 194 g/mol. The number of carbonyl (C=O) groups excluding carboxylic acids is 1. The molecule has 1 rings (SSSR count).